The highest BCUT2D eigenvalue weighted by molar-refractivity contribution is 5.95. The van der Waals surface area contributed by atoms with Crippen molar-refractivity contribution in [3.63, 3.8) is 0 Å². The van der Waals surface area contributed by atoms with Gasteiger partial charge in [0.15, 0.2) is 18.1 Å². The third-order valence-corrected chi connectivity index (χ3v) is 4.70. The molecular weight excluding hydrogens is 370 g/mol. The molecule has 0 aliphatic carbocycles. The van der Waals surface area contributed by atoms with Gasteiger partial charge in [-0.1, -0.05) is 38.1 Å². The first-order valence-electron chi connectivity index (χ1n) is 9.70. The summed E-state index contributed by atoms with van der Waals surface area (Å²) >= 11 is 0. The van der Waals surface area contributed by atoms with Crippen LogP contribution in [0.5, 0.6) is 11.5 Å². The zero-order valence-electron chi connectivity index (χ0n) is 16.6. The number of benzene rings is 2. The van der Waals surface area contributed by atoms with E-state index in [-0.39, 0.29) is 12.5 Å². The lowest BCUT2D eigenvalue weighted by atomic mass is 9.97. The standard InChI is InChI=1S/C23H25NO5/c1-3-16(2)18-6-4-5-7-19(18)24-22(25)15-29-23(26)11-9-17-8-10-20-21(14-17)28-13-12-27-20/h4-11,14,16H,3,12-13,15H2,1-2H3,(H,24,25)/b11-9+/t16-/m1/s1. The van der Waals surface area contributed by atoms with Crippen LogP contribution in [0, 0.1) is 0 Å². The average Bonchev–Trinajstić information content (AvgIpc) is 2.76. The smallest absolute Gasteiger partial charge is 0.331 e. The number of esters is 1. The van der Waals surface area contributed by atoms with E-state index in [1.807, 2.05) is 30.3 Å². The van der Waals surface area contributed by atoms with Gasteiger partial charge in [0.25, 0.3) is 5.91 Å². The second kappa shape index (κ2) is 9.78. The summed E-state index contributed by atoms with van der Waals surface area (Å²) in [5.41, 5.74) is 2.58. The van der Waals surface area contributed by atoms with E-state index < -0.39 is 5.97 Å². The van der Waals surface area contributed by atoms with E-state index in [2.05, 4.69) is 19.2 Å². The number of ether oxygens (including phenoxy) is 3. The lowest BCUT2D eigenvalue weighted by Gasteiger charge is -2.18. The third kappa shape index (κ3) is 5.60. The molecule has 0 spiro atoms. The molecule has 1 N–H and O–H groups in total. The largest absolute Gasteiger partial charge is 0.486 e. The van der Waals surface area contributed by atoms with Crippen molar-refractivity contribution in [1.29, 1.82) is 0 Å². The Morgan fingerprint density at radius 1 is 1.14 bits per heavy atom. The maximum atomic E-state index is 12.2. The maximum absolute atomic E-state index is 12.2. The highest BCUT2D eigenvalue weighted by Crippen LogP contribution is 2.31. The molecule has 0 aromatic heterocycles. The van der Waals surface area contributed by atoms with Crippen LogP contribution in [0.1, 0.15) is 37.3 Å². The molecule has 1 heterocycles. The van der Waals surface area contributed by atoms with Crippen LogP contribution in [0.15, 0.2) is 48.5 Å². The third-order valence-electron chi connectivity index (χ3n) is 4.70. The number of rotatable bonds is 7. The van der Waals surface area contributed by atoms with Crippen molar-refractivity contribution in [2.45, 2.75) is 26.2 Å². The van der Waals surface area contributed by atoms with Gasteiger partial charge in [0.1, 0.15) is 13.2 Å². The number of hydrogen-bond acceptors (Lipinski definition) is 5. The van der Waals surface area contributed by atoms with Crippen LogP contribution in [0.4, 0.5) is 5.69 Å². The summed E-state index contributed by atoms with van der Waals surface area (Å²) in [4.78, 5) is 24.1. The molecule has 29 heavy (non-hydrogen) atoms. The molecular formula is C23H25NO5. The molecule has 1 aliphatic rings. The zero-order chi connectivity index (χ0) is 20.6. The number of nitrogens with one attached hydrogen (secondary N) is 1. The van der Waals surface area contributed by atoms with Gasteiger partial charge in [-0.05, 0) is 47.7 Å². The first kappa shape index (κ1) is 20.5. The maximum Gasteiger partial charge on any atom is 0.331 e. The minimum Gasteiger partial charge on any atom is -0.486 e. The van der Waals surface area contributed by atoms with Gasteiger partial charge in [0, 0.05) is 11.8 Å². The fourth-order valence-corrected chi connectivity index (χ4v) is 2.96. The van der Waals surface area contributed by atoms with E-state index >= 15 is 0 Å². The number of anilines is 1. The number of fused-ring (bicyclic) bond motifs is 1. The van der Waals surface area contributed by atoms with Gasteiger partial charge in [0.05, 0.1) is 0 Å². The Morgan fingerprint density at radius 2 is 1.90 bits per heavy atom. The Morgan fingerprint density at radius 3 is 2.69 bits per heavy atom. The van der Waals surface area contributed by atoms with Crippen molar-refractivity contribution in [3.8, 4) is 11.5 Å². The molecule has 1 atom stereocenters. The molecule has 6 heteroatoms. The van der Waals surface area contributed by atoms with E-state index in [0.717, 1.165) is 23.2 Å². The molecule has 2 aromatic carbocycles. The molecule has 2 aromatic rings. The van der Waals surface area contributed by atoms with E-state index in [1.165, 1.54) is 6.08 Å². The fraction of sp³-hybridized carbons (Fsp3) is 0.304. The van der Waals surface area contributed by atoms with Crippen molar-refractivity contribution >= 4 is 23.6 Å². The van der Waals surface area contributed by atoms with Crippen LogP contribution in [-0.2, 0) is 14.3 Å². The molecule has 0 saturated carbocycles. The van der Waals surface area contributed by atoms with E-state index in [0.29, 0.717) is 30.6 Å². The zero-order valence-corrected chi connectivity index (χ0v) is 16.6. The predicted octanol–water partition coefficient (Wildman–Crippen LogP) is 4.17. The molecule has 3 rings (SSSR count). The normalized spacial score (nSPS) is 13.7. The quantitative estimate of drug-likeness (QED) is 0.563. The Hall–Kier alpha value is -3.28. The predicted molar refractivity (Wildman–Crippen MR) is 111 cm³/mol. The SMILES string of the molecule is CC[C@@H](C)c1ccccc1NC(=O)COC(=O)/C=C/c1ccc2c(c1)OCCO2. The van der Waals surface area contributed by atoms with Crippen molar-refractivity contribution in [2.75, 3.05) is 25.1 Å². The van der Waals surface area contributed by atoms with Crippen LogP contribution in [0.3, 0.4) is 0 Å². The van der Waals surface area contributed by atoms with Crippen LogP contribution in [0.2, 0.25) is 0 Å². The summed E-state index contributed by atoms with van der Waals surface area (Å²) in [5.74, 6) is 0.687. The molecule has 0 saturated heterocycles. The van der Waals surface area contributed by atoms with E-state index in [1.54, 1.807) is 18.2 Å². The topological polar surface area (TPSA) is 73.9 Å². The van der Waals surface area contributed by atoms with E-state index in [4.69, 9.17) is 14.2 Å². The van der Waals surface area contributed by atoms with Crippen LogP contribution in [0.25, 0.3) is 6.08 Å². The minimum atomic E-state index is -0.592. The average molecular weight is 395 g/mol. The number of amides is 1. The summed E-state index contributed by atoms with van der Waals surface area (Å²) < 4.78 is 16.0. The molecule has 1 aliphatic heterocycles. The van der Waals surface area contributed by atoms with Crippen LogP contribution >= 0.6 is 0 Å². The van der Waals surface area contributed by atoms with Crippen molar-refractivity contribution in [1.82, 2.24) is 0 Å². The summed E-state index contributed by atoms with van der Waals surface area (Å²) in [6.07, 6.45) is 3.86. The Labute approximate surface area is 170 Å². The second-order valence-corrected chi connectivity index (χ2v) is 6.79. The first-order chi connectivity index (χ1) is 14.1. The molecule has 1 amide bonds. The lowest BCUT2D eigenvalue weighted by Crippen LogP contribution is -2.21. The monoisotopic (exact) mass is 395 g/mol. The van der Waals surface area contributed by atoms with Gasteiger partial charge in [0.2, 0.25) is 0 Å². The van der Waals surface area contributed by atoms with Crippen LogP contribution < -0.4 is 14.8 Å². The van der Waals surface area contributed by atoms with Gasteiger partial charge in [-0.25, -0.2) is 4.79 Å². The molecule has 0 unspecified atom stereocenters. The van der Waals surface area contributed by atoms with Gasteiger partial charge in [-0.3, -0.25) is 4.79 Å². The Bertz CT molecular complexity index is 906. The Kier molecular flexibility index (Phi) is 6.89. The summed E-state index contributed by atoms with van der Waals surface area (Å²) in [5, 5.41) is 2.82. The van der Waals surface area contributed by atoms with Crippen LogP contribution in [-0.4, -0.2) is 31.7 Å². The van der Waals surface area contributed by atoms with Crippen molar-refractivity contribution in [2.24, 2.45) is 0 Å². The number of carbonyl (C=O) groups excluding carboxylic acids is 2. The fourth-order valence-electron chi connectivity index (χ4n) is 2.96. The Balaban J connectivity index is 1.52. The van der Waals surface area contributed by atoms with E-state index in [9.17, 15) is 9.59 Å². The van der Waals surface area contributed by atoms with Gasteiger partial charge >= 0.3 is 5.97 Å². The van der Waals surface area contributed by atoms with Crippen molar-refractivity contribution < 1.29 is 23.8 Å². The number of para-hydroxylation sites is 1. The molecule has 6 nitrogen and oxygen atoms in total. The minimum absolute atomic E-state index is 0.322. The van der Waals surface area contributed by atoms with Crippen molar-refractivity contribution in [3.05, 3.63) is 59.7 Å². The molecule has 152 valence electrons. The van der Waals surface area contributed by atoms with Gasteiger partial charge < -0.3 is 19.5 Å². The molecule has 0 bridgehead atoms. The highest BCUT2D eigenvalue weighted by Gasteiger charge is 2.13. The molecule has 0 fully saturated rings. The number of hydrogen-bond donors (Lipinski definition) is 1. The van der Waals surface area contributed by atoms with Gasteiger partial charge in [-0.15, -0.1) is 0 Å². The second-order valence-electron chi connectivity index (χ2n) is 6.79. The lowest BCUT2D eigenvalue weighted by molar-refractivity contribution is -0.142. The summed E-state index contributed by atoms with van der Waals surface area (Å²) in [6, 6.07) is 13.0. The summed E-state index contributed by atoms with van der Waals surface area (Å²) in [6.45, 7) is 4.88. The number of carbonyl (C=O) groups is 2. The highest BCUT2D eigenvalue weighted by atomic mass is 16.6. The first-order valence-corrected chi connectivity index (χ1v) is 9.70. The molecule has 0 radical (unpaired) electrons. The summed E-state index contributed by atoms with van der Waals surface area (Å²) in [7, 11) is 0. The van der Waals surface area contributed by atoms with Gasteiger partial charge in [-0.2, -0.15) is 0 Å².